The lowest BCUT2D eigenvalue weighted by Crippen LogP contribution is -2.12. The first-order chi connectivity index (χ1) is 9.63. The summed E-state index contributed by atoms with van der Waals surface area (Å²) < 4.78 is 26.2. The Morgan fingerprint density at radius 2 is 1.90 bits per heavy atom. The number of hydrogen-bond acceptors (Lipinski definition) is 2. The van der Waals surface area contributed by atoms with Gasteiger partial charge in [-0.1, -0.05) is 6.07 Å². The summed E-state index contributed by atoms with van der Waals surface area (Å²) in [5.74, 6) is -1.30. The van der Waals surface area contributed by atoms with Crippen LogP contribution in [0.15, 0.2) is 36.4 Å². The van der Waals surface area contributed by atoms with Crippen LogP contribution in [-0.4, -0.2) is 5.91 Å². The molecule has 0 spiro atoms. The minimum Gasteiger partial charge on any atom is -0.381 e. The lowest BCUT2D eigenvalue weighted by molar-refractivity contribution is 0.0966. The molecule has 2 N–H and O–H groups in total. The first-order valence-corrected chi connectivity index (χ1v) is 6.22. The van der Waals surface area contributed by atoms with E-state index in [1.807, 2.05) is 6.07 Å². The Kier molecular flexibility index (Phi) is 3.10. The number of anilines is 1. The fourth-order valence-electron chi connectivity index (χ4n) is 2.33. The highest BCUT2D eigenvalue weighted by atomic mass is 19.1. The average molecular weight is 274 g/mol. The molecule has 0 unspecified atom stereocenters. The molecule has 0 aromatic heterocycles. The molecular formula is C15H12F2N2O. The third kappa shape index (κ3) is 2.34. The first-order valence-electron chi connectivity index (χ1n) is 6.22. The molecule has 0 radical (unpaired) electrons. The van der Waals surface area contributed by atoms with Crippen LogP contribution in [0.5, 0.6) is 0 Å². The van der Waals surface area contributed by atoms with Crippen LogP contribution < -0.4 is 10.6 Å². The molecule has 2 aromatic carbocycles. The summed E-state index contributed by atoms with van der Waals surface area (Å²) in [7, 11) is 0. The second kappa shape index (κ2) is 4.92. The molecule has 20 heavy (non-hydrogen) atoms. The SMILES string of the molecule is O=C1NCc2c(NCc3cc(F)cc(F)c3)cccc21. The van der Waals surface area contributed by atoms with E-state index in [2.05, 4.69) is 10.6 Å². The maximum atomic E-state index is 13.1. The van der Waals surface area contributed by atoms with Crippen molar-refractivity contribution in [2.45, 2.75) is 13.1 Å². The van der Waals surface area contributed by atoms with Crippen LogP contribution in [0.25, 0.3) is 0 Å². The maximum Gasteiger partial charge on any atom is 0.251 e. The number of amides is 1. The van der Waals surface area contributed by atoms with E-state index in [1.165, 1.54) is 12.1 Å². The second-order valence-corrected chi connectivity index (χ2v) is 4.65. The molecule has 0 saturated heterocycles. The van der Waals surface area contributed by atoms with E-state index in [0.29, 0.717) is 24.2 Å². The average Bonchev–Trinajstić information content (AvgIpc) is 2.78. The van der Waals surface area contributed by atoms with Gasteiger partial charge in [-0.15, -0.1) is 0 Å². The van der Waals surface area contributed by atoms with Gasteiger partial charge in [0.1, 0.15) is 11.6 Å². The fraction of sp³-hybridized carbons (Fsp3) is 0.133. The number of fused-ring (bicyclic) bond motifs is 1. The molecule has 0 saturated carbocycles. The third-order valence-electron chi connectivity index (χ3n) is 3.25. The van der Waals surface area contributed by atoms with Crippen molar-refractivity contribution in [3.63, 3.8) is 0 Å². The van der Waals surface area contributed by atoms with Crippen molar-refractivity contribution in [1.82, 2.24) is 5.32 Å². The van der Waals surface area contributed by atoms with Gasteiger partial charge in [0.05, 0.1) is 0 Å². The van der Waals surface area contributed by atoms with Gasteiger partial charge in [0.25, 0.3) is 5.91 Å². The Bertz CT molecular complexity index is 665. The number of nitrogens with one attached hydrogen (secondary N) is 2. The highest BCUT2D eigenvalue weighted by Gasteiger charge is 2.20. The zero-order chi connectivity index (χ0) is 14.1. The van der Waals surface area contributed by atoms with Crippen LogP contribution >= 0.6 is 0 Å². The number of rotatable bonds is 3. The molecule has 3 rings (SSSR count). The predicted octanol–water partition coefficient (Wildman–Crippen LogP) is 2.82. The molecule has 0 atom stereocenters. The van der Waals surface area contributed by atoms with Crippen LogP contribution in [0.3, 0.4) is 0 Å². The van der Waals surface area contributed by atoms with E-state index in [9.17, 15) is 13.6 Å². The lowest BCUT2D eigenvalue weighted by Gasteiger charge is -2.10. The van der Waals surface area contributed by atoms with Crippen LogP contribution in [0, 0.1) is 11.6 Å². The van der Waals surface area contributed by atoms with Crippen molar-refractivity contribution in [2.75, 3.05) is 5.32 Å². The van der Waals surface area contributed by atoms with Crippen molar-refractivity contribution in [3.8, 4) is 0 Å². The van der Waals surface area contributed by atoms with Gasteiger partial charge in [0.2, 0.25) is 0 Å². The predicted molar refractivity (Wildman–Crippen MR) is 71.3 cm³/mol. The van der Waals surface area contributed by atoms with Crippen LogP contribution in [0.1, 0.15) is 21.5 Å². The molecule has 1 heterocycles. The standard InChI is InChI=1S/C15H12F2N2O/c16-10-4-9(5-11(17)6-10)7-18-14-3-1-2-12-13(14)8-19-15(12)20/h1-6,18H,7-8H2,(H,19,20). The van der Waals surface area contributed by atoms with Gasteiger partial charge in [-0.3, -0.25) is 4.79 Å². The number of benzene rings is 2. The molecular weight excluding hydrogens is 262 g/mol. The largest absolute Gasteiger partial charge is 0.381 e. The van der Waals surface area contributed by atoms with Gasteiger partial charge in [-0.2, -0.15) is 0 Å². The molecule has 1 amide bonds. The van der Waals surface area contributed by atoms with E-state index < -0.39 is 11.6 Å². The van der Waals surface area contributed by atoms with E-state index in [0.717, 1.165) is 17.3 Å². The summed E-state index contributed by atoms with van der Waals surface area (Å²) in [6.07, 6.45) is 0. The Morgan fingerprint density at radius 1 is 1.15 bits per heavy atom. The number of carbonyl (C=O) groups excluding carboxylic acids is 1. The topological polar surface area (TPSA) is 41.1 Å². The number of hydrogen-bond donors (Lipinski definition) is 2. The molecule has 0 fully saturated rings. The molecule has 3 nitrogen and oxygen atoms in total. The van der Waals surface area contributed by atoms with Crippen LogP contribution in [-0.2, 0) is 13.1 Å². The van der Waals surface area contributed by atoms with Crippen molar-refractivity contribution >= 4 is 11.6 Å². The van der Waals surface area contributed by atoms with E-state index in [1.54, 1.807) is 12.1 Å². The molecule has 1 aliphatic rings. The van der Waals surface area contributed by atoms with E-state index >= 15 is 0 Å². The Labute approximate surface area is 114 Å². The zero-order valence-electron chi connectivity index (χ0n) is 10.5. The lowest BCUT2D eigenvalue weighted by atomic mass is 10.1. The monoisotopic (exact) mass is 274 g/mol. The summed E-state index contributed by atoms with van der Waals surface area (Å²) in [6, 6.07) is 8.77. The third-order valence-corrected chi connectivity index (χ3v) is 3.25. The van der Waals surface area contributed by atoms with Crippen LogP contribution in [0.4, 0.5) is 14.5 Å². The maximum absolute atomic E-state index is 13.1. The molecule has 5 heteroatoms. The second-order valence-electron chi connectivity index (χ2n) is 4.65. The highest BCUT2D eigenvalue weighted by molar-refractivity contribution is 5.99. The van der Waals surface area contributed by atoms with Crippen molar-refractivity contribution in [3.05, 3.63) is 64.7 Å². The van der Waals surface area contributed by atoms with Gasteiger partial charge in [-0.05, 0) is 29.8 Å². The normalized spacial score (nSPS) is 13.0. The van der Waals surface area contributed by atoms with Gasteiger partial charge < -0.3 is 10.6 Å². The summed E-state index contributed by atoms with van der Waals surface area (Å²) in [4.78, 5) is 11.5. The summed E-state index contributed by atoms with van der Waals surface area (Å²) in [5, 5.41) is 5.85. The number of halogens is 2. The molecule has 0 aliphatic carbocycles. The Hall–Kier alpha value is -2.43. The Balaban J connectivity index is 1.81. The summed E-state index contributed by atoms with van der Waals surface area (Å²) in [5.41, 5.74) is 2.83. The van der Waals surface area contributed by atoms with Crippen molar-refractivity contribution < 1.29 is 13.6 Å². The summed E-state index contributed by atoms with van der Waals surface area (Å²) >= 11 is 0. The van der Waals surface area contributed by atoms with Gasteiger partial charge in [0.15, 0.2) is 0 Å². The minimum atomic E-state index is -0.600. The van der Waals surface area contributed by atoms with Gasteiger partial charge in [0, 0.05) is 36.0 Å². The minimum absolute atomic E-state index is 0.0968. The molecule has 1 aliphatic heterocycles. The highest BCUT2D eigenvalue weighted by Crippen LogP contribution is 2.24. The fourth-order valence-corrected chi connectivity index (χ4v) is 2.33. The van der Waals surface area contributed by atoms with Crippen molar-refractivity contribution in [2.24, 2.45) is 0 Å². The van der Waals surface area contributed by atoms with E-state index in [-0.39, 0.29) is 5.91 Å². The molecule has 0 bridgehead atoms. The Morgan fingerprint density at radius 3 is 2.65 bits per heavy atom. The van der Waals surface area contributed by atoms with Gasteiger partial charge in [-0.25, -0.2) is 8.78 Å². The quantitative estimate of drug-likeness (QED) is 0.903. The molecule has 102 valence electrons. The summed E-state index contributed by atoms with van der Waals surface area (Å²) in [6.45, 7) is 0.758. The van der Waals surface area contributed by atoms with Crippen LogP contribution in [0.2, 0.25) is 0 Å². The van der Waals surface area contributed by atoms with E-state index in [4.69, 9.17) is 0 Å². The number of carbonyl (C=O) groups is 1. The zero-order valence-corrected chi connectivity index (χ0v) is 10.5. The van der Waals surface area contributed by atoms with Crippen molar-refractivity contribution in [1.29, 1.82) is 0 Å². The first kappa shape index (κ1) is 12.6. The molecule has 2 aromatic rings. The van der Waals surface area contributed by atoms with Gasteiger partial charge >= 0.3 is 0 Å². The smallest absolute Gasteiger partial charge is 0.251 e.